The third kappa shape index (κ3) is 5.18. The van der Waals surface area contributed by atoms with E-state index in [-0.39, 0.29) is 12.4 Å². The maximum Gasteiger partial charge on any atom is 0.416 e. The summed E-state index contributed by atoms with van der Waals surface area (Å²) in [6.07, 6.45) is -4.31. The van der Waals surface area contributed by atoms with Gasteiger partial charge >= 0.3 is 6.18 Å². The summed E-state index contributed by atoms with van der Waals surface area (Å²) in [6.45, 7) is 4.38. The molecular weight excluding hydrogens is 413 g/mol. The predicted molar refractivity (Wildman–Crippen MR) is 117 cm³/mol. The standard InChI is InChI=1S/C23H23F3N2O.ClH/c24-23(25,26)19-7-4-8-20(17-19)28-13-11-27(12-14-28)15-16-29-22-10-3-6-18-5-1-2-9-21(18)22;/h1-10,17H,11-16H2;1H. The molecule has 7 heteroatoms. The zero-order valence-corrected chi connectivity index (χ0v) is 17.3. The number of fused-ring (bicyclic) bond motifs is 1. The van der Waals surface area contributed by atoms with Crippen LogP contribution in [0.1, 0.15) is 5.56 Å². The summed E-state index contributed by atoms with van der Waals surface area (Å²) in [5, 5.41) is 2.25. The van der Waals surface area contributed by atoms with Gasteiger partial charge in [0.15, 0.2) is 0 Å². The van der Waals surface area contributed by atoms with Crippen molar-refractivity contribution in [1.82, 2.24) is 4.90 Å². The minimum atomic E-state index is -4.31. The van der Waals surface area contributed by atoms with Crippen molar-refractivity contribution in [2.45, 2.75) is 6.18 Å². The number of ether oxygens (including phenoxy) is 1. The van der Waals surface area contributed by atoms with Crippen LogP contribution in [-0.2, 0) is 6.18 Å². The van der Waals surface area contributed by atoms with Crippen molar-refractivity contribution >= 4 is 28.9 Å². The summed E-state index contributed by atoms with van der Waals surface area (Å²) < 4.78 is 44.8. The van der Waals surface area contributed by atoms with Gasteiger partial charge in [-0.3, -0.25) is 4.90 Å². The molecule has 1 aliphatic heterocycles. The summed E-state index contributed by atoms with van der Waals surface area (Å²) in [4.78, 5) is 4.30. The maximum absolute atomic E-state index is 12.9. The van der Waals surface area contributed by atoms with Gasteiger partial charge in [-0.15, -0.1) is 12.4 Å². The van der Waals surface area contributed by atoms with Crippen LogP contribution in [0.2, 0.25) is 0 Å². The molecule has 0 radical (unpaired) electrons. The molecule has 0 N–H and O–H groups in total. The van der Waals surface area contributed by atoms with E-state index in [2.05, 4.69) is 23.1 Å². The molecule has 0 bridgehead atoms. The molecule has 0 unspecified atom stereocenters. The lowest BCUT2D eigenvalue weighted by molar-refractivity contribution is -0.137. The molecule has 160 valence electrons. The third-order valence-corrected chi connectivity index (χ3v) is 5.33. The molecule has 1 saturated heterocycles. The van der Waals surface area contributed by atoms with E-state index in [1.54, 1.807) is 6.07 Å². The summed E-state index contributed by atoms with van der Waals surface area (Å²) in [7, 11) is 0. The van der Waals surface area contributed by atoms with Crippen molar-refractivity contribution < 1.29 is 17.9 Å². The van der Waals surface area contributed by atoms with Crippen LogP contribution in [0.4, 0.5) is 18.9 Å². The highest BCUT2D eigenvalue weighted by Gasteiger charge is 2.31. The fourth-order valence-electron chi connectivity index (χ4n) is 3.71. The Labute approximate surface area is 180 Å². The van der Waals surface area contributed by atoms with Gasteiger partial charge in [0.2, 0.25) is 0 Å². The molecule has 0 aliphatic carbocycles. The van der Waals surface area contributed by atoms with Crippen molar-refractivity contribution in [3.8, 4) is 5.75 Å². The minimum absolute atomic E-state index is 0. The van der Waals surface area contributed by atoms with Gasteiger partial charge < -0.3 is 9.64 Å². The Morgan fingerprint density at radius 3 is 2.30 bits per heavy atom. The van der Waals surface area contributed by atoms with E-state index in [0.29, 0.717) is 25.4 Å². The van der Waals surface area contributed by atoms with Crippen molar-refractivity contribution in [3.63, 3.8) is 0 Å². The Morgan fingerprint density at radius 2 is 1.53 bits per heavy atom. The number of hydrogen-bond acceptors (Lipinski definition) is 3. The average Bonchev–Trinajstić information content (AvgIpc) is 2.74. The molecule has 3 aromatic carbocycles. The van der Waals surface area contributed by atoms with E-state index in [1.807, 2.05) is 29.2 Å². The number of halogens is 4. The van der Waals surface area contributed by atoms with Crippen LogP contribution in [0.25, 0.3) is 10.8 Å². The number of anilines is 1. The van der Waals surface area contributed by atoms with E-state index in [4.69, 9.17) is 4.74 Å². The zero-order chi connectivity index (χ0) is 20.3. The first-order valence-corrected chi connectivity index (χ1v) is 9.76. The number of benzene rings is 3. The second kappa shape index (κ2) is 9.58. The maximum atomic E-state index is 12.9. The highest BCUT2D eigenvalue weighted by Crippen LogP contribution is 2.32. The molecule has 1 aliphatic rings. The lowest BCUT2D eigenvalue weighted by Gasteiger charge is -2.36. The Balaban J connectivity index is 0.00000256. The highest BCUT2D eigenvalue weighted by molar-refractivity contribution is 5.88. The Kier molecular flexibility index (Phi) is 7.10. The molecular formula is C23H24ClF3N2O. The second-order valence-corrected chi connectivity index (χ2v) is 7.20. The van der Waals surface area contributed by atoms with Crippen molar-refractivity contribution in [2.24, 2.45) is 0 Å². The summed E-state index contributed by atoms with van der Waals surface area (Å²) in [6, 6.07) is 19.7. The molecule has 1 heterocycles. The normalized spacial score (nSPS) is 15.1. The number of piperazine rings is 1. The molecule has 1 fully saturated rings. The van der Waals surface area contributed by atoms with Crippen LogP contribution in [0.15, 0.2) is 66.7 Å². The van der Waals surface area contributed by atoms with Gasteiger partial charge in [0.1, 0.15) is 12.4 Å². The van der Waals surface area contributed by atoms with E-state index >= 15 is 0 Å². The number of alkyl halides is 3. The SMILES string of the molecule is Cl.FC(F)(F)c1cccc(N2CCN(CCOc3cccc4ccccc34)CC2)c1. The average molecular weight is 437 g/mol. The fourth-order valence-corrected chi connectivity index (χ4v) is 3.71. The van der Waals surface area contributed by atoms with Crippen LogP contribution in [0, 0.1) is 0 Å². The van der Waals surface area contributed by atoms with E-state index in [0.717, 1.165) is 42.2 Å². The molecule has 3 aromatic rings. The van der Waals surface area contributed by atoms with Crippen LogP contribution in [0.5, 0.6) is 5.75 Å². The van der Waals surface area contributed by atoms with Gasteiger partial charge in [0.25, 0.3) is 0 Å². The van der Waals surface area contributed by atoms with Gasteiger partial charge in [-0.2, -0.15) is 13.2 Å². The molecule has 0 aromatic heterocycles. The highest BCUT2D eigenvalue weighted by atomic mass is 35.5. The molecule has 0 amide bonds. The molecule has 3 nitrogen and oxygen atoms in total. The Hall–Kier alpha value is -2.44. The quantitative estimate of drug-likeness (QED) is 0.526. The van der Waals surface area contributed by atoms with Crippen LogP contribution < -0.4 is 9.64 Å². The molecule has 4 rings (SSSR count). The van der Waals surface area contributed by atoms with Gasteiger partial charge in [-0.25, -0.2) is 0 Å². The van der Waals surface area contributed by atoms with Crippen LogP contribution in [0.3, 0.4) is 0 Å². The van der Waals surface area contributed by atoms with E-state index in [1.165, 1.54) is 12.1 Å². The third-order valence-electron chi connectivity index (χ3n) is 5.33. The van der Waals surface area contributed by atoms with Crippen molar-refractivity contribution in [2.75, 3.05) is 44.2 Å². The number of rotatable bonds is 5. The van der Waals surface area contributed by atoms with Gasteiger partial charge in [0, 0.05) is 43.8 Å². The van der Waals surface area contributed by atoms with E-state index in [9.17, 15) is 13.2 Å². The molecule has 30 heavy (non-hydrogen) atoms. The van der Waals surface area contributed by atoms with Crippen LogP contribution in [-0.4, -0.2) is 44.2 Å². The monoisotopic (exact) mass is 436 g/mol. The Bertz CT molecular complexity index is 967. The second-order valence-electron chi connectivity index (χ2n) is 7.20. The summed E-state index contributed by atoms with van der Waals surface area (Å²) >= 11 is 0. The van der Waals surface area contributed by atoms with Crippen LogP contribution >= 0.6 is 12.4 Å². The zero-order valence-electron chi connectivity index (χ0n) is 16.4. The Morgan fingerprint density at radius 1 is 0.833 bits per heavy atom. The smallest absolute Gasteiger partial charge is 0.416 e. The first-order chi connectivity index (χ1) is 14.0. The van der Waals surface area contributed by atoms with Crippen molar-refractivity contribution in [1.29, 1.82) is 0 Å². The largest absolute Gasteiger partial charge is 0.492 e. The molecule has 0 atom stereocenters. The molecule has 0 saturated carbocycles. The topological polar surface area (TPSA) is 15.7 Å². The number of hydrogen-bond donors (Lipinski definition) is 0. The lowest BCUT2D eigenvalue weighted by Crippen LogP contribution is -2.47. The summed E-state index contributed by atoms with van der Waals surface area (Å²) in [5.74, 6) is 0.880. The van der Waals surface area contributed by atoms with Gasteiger partial charge in [-0.05, 0) is 29.7 Å². The number of nitrogens with zero attached hydrogens (tertiary/aromatic N) is 2. The predicted octanol–water partition coefficient (Wildman–Crippen LogP) is 5.48. The van der Waals surface area contributed by atoms with Gasteiger partial charge in [0.05, 0.1) is 5.56 Å². The first kappa shape index (κ1) is 22.2. The first-order valence-electron chi connectivity index (χ1n) is 9.76. The lowest BCUT2D eigenvalue weighted by atomic mass is 10.1. The molecule has 0 spiro atoms. The fraction of sp³-hybridized carbons (Fsp3) is 0.304. The van der Waals surface area contributed by atoms with Crippen molar-refractivity contribution in [3.05, 3.63) is 72.3 Å². The van der Waals surface area contributed by atoms with Gasteiger partial charge in [-0.1, -0.05) is 42.5 Å². The van der Waals surface area contributed by atoms with E-state index < -0.39 is 11.7 Å². The summed E-state index contributed by atoms with van der Waals surface area (Å²) in [5.41, 5.74) is 0.0346. The minimum Gasteiger partial charge on any atom is -0.492 e.